The number of morpholine rings is 1. The number of phenolic OH excluding ortho intramolecular Hbond substituents is 1. The number of carbonyl (C=O) groups is 2. The van der Waals surface area contributed by atoms with Gasteiger partial charge in [0.15, 0.2) is 6.61 Å². The molecule has 1 amide bonds. The largest absolute Gasteiger partial charge is 0.507 e. The summed E-state index contributed by atoms with van der Waals surface area (Å²) in [5.74, 6) is -1.95. The molecule has 0 radical (unpaired) electrons. The second-order valence-electron chi connectivity index (χ2n) is 7.72. The molecule has 13 heteroatoms. The van der Waals surface area contributed by atoms with E-state index in [9.17, 15) is 33.2 Å². The summed E-state index contributed by atoms with van der Waals surface area (Å²) in [4.78, 5) is 36.2. The fraction of sp³-hybridized carbons (Fsp3) is 0.333. The molecule has 0 saturated carbocycles. The number of carbonyl (C=O) groups excluding carboxylic acids is 2. The number of nitrogens with one attached hydrogen (secondary N) is 1. The highest BCUT2D eigenvalue weighted by Crippen LogP contribution is 2.25. The minimum atomic E-state index is -4.24. The van der Waals surface area contributed by atoms with E-state index in [-0.39, 0.29) is 28.4 Å². The predicted octanol–water partition coefficient (Wildman–Crippen LogP) is 1.89. The van der Waals surface area contributed by atoms with Crippen LogP contribution in [0.4, 0.5) is 11.4 Å². The maximum absolute atomic E-state index is 12.6. The van der Waals surface area contributed by atoms with Gasteiger partial charge in [0, 0.05) is 30.9 Å². The third-order valence-corrected chi connectivity index (χ3v) is 6.29. The lowest BCUT2D eigenvalue weighted by Gasteiger charge is -2.35. The van der Waals surface area contributed by atoms with Crippen LogP contribution in [0.1, 0.15) is 24.2 Å². The van der Waals surface area contributed by atoms with Crippen molar-refractivity contribution in [1.29, 1.82) is 0 Å². The van der Waals surface area contributed by atoms with Crippen molar-refractivity contribution in [3.05, 3.63) is 58.1 Å². The second-order valence-corrected chi connectivity index (χ2v) is 9.41. The fourth-order valence-corrected chi connectivity index (χ4v) is 4.51. The summed E-state index contributed by atoms with van der Waals surface area (Å²) >= 11 is 0. The quantitative estimate of drug-likeness (QED) is 0.253. The summed E-state index contributed by atoms with van der Waals surface area (Å²) in [6.45, 7) is 3.77. The van der Waals surface area contributed by atoms with E-state index >= 15 is 0 Å². The first-order valence-corrected chi connectivity index (χ1v) is 11.6. The Morgan fingerprint density at radius 3 is 2.53 bits per heavy atom. The van der Waals surface area contributed by atoms with Gasteiger partial charge in [0.05, 0.1) is 22.0 Å². The summed E-state index contributed by atoms with van der Waals surface area (Å²) in [7, 11) is -4.24. The number of rotatable bonds is 7. The third-order valence-electron chi connectivity index (χ3n) is 4.91. The van der Waals surface area contributed by atoms with Crippen molar-refractivity contribution >= 4 is 33.3 Å². The number of ether oxygens (including phenoxy) is 2. The van der Waals surface area contributed by atoms with Crippen molar-refractivity contribution in [3.63, 3.8) is 0 Å². The summed E-state index contributed by atoms with van der Waals surface area (Å²) in [5.41, 5.74) is -0.874. The maximum Gasteiger partial charge on any atom is 0.342 e. The number of phenols is 1. The molecule has 2 unspecified atom stereocenters. The predicted molar refractivity (Wildman–Crippen MR) is 119 cm³/mol. The highest BCUT2D eigenvalue weighted by Gasteiger charge is 2.27. The van der Waals surface area contributed by atoms with Gasteiger partial charge in [-0.05, 0) is 38.1 Å². The number of sulfonamides is 1. The zero-order valence-corrected chi connectivity index (χ0v) is 19.1. The van der Waals surface area contributed by atoms with Gasteiger partial charge in [0.25, 0.3) is 21.6 Å². The van der Waals surface area contributed by atoms with E-state index in [4.69, 9.17) is 9.47 Å². The smallest absolute Gasteiger partial charge is 0.342 e. The van der Waals surface area contributed by atoms with Crippen molar-refractivity contribution < 1.29 is 37.5 Å². The molecule has 1 aliphatic rings. The number of esters is 1. The van der Waals surface area contributed by atoms with Crippen LogP contribution in [0.15, 0.2) is 47.4 Å². The number of amides is 1. The molecule has 0 aliphatic carbocycles. The van der Waals surface area contributed by atoms with Crippen LogP contribution in [0.2, 0.25) is 0 Å². The Balaban J connectivity index is 1.70. The lowest BCUT2D eigenvalue weighted by atomic mass is 10.2. The van der Waals surface area contributed by atoms with Crippen LogP contribution in [0.25, 0.3) is 0 Å². The number of nitrogens with zero attached hydrogens (tertiary/aromatic N) is 2. The number of hydrogen-bond acceptors (Lipinski definition) is 9. The average molecular weight is 493 g/mol. The minimum Gasteiger partial charge on any atom is -0.507 e. The highest BCUT2D eigenvalue weighted by atomic mass is 32.2. The number of hydrogen-bond donors (Lipinski definition) is 2. The molecule has 2 atom stereocenters. The van der Waals surface area contributed by atoms with E-state index in [1.165, 1.54) is 23.1 Å². The lowest BCUT2D eigenvalue weighted by Crippen LogP contribution is -2.49. The Hall–Kier alpha value is -3.71. The molecule has 0 aromatic heterocycles. The van der Waals surface area contributed by atoms with Crippen LogP contribution in [-0.4, -0.2) is 67.1 Å². The normalized spacial score (nSPS) is 18.2. The van der Waals surface area contributed by atoms with Crippen molar-refractivity contribution in [3.8, 4) is 5.75 Å². The Morgan fingerprint density at radius 2 is 1.88 bits per heavy atom. The summed E-state index contributed by atoms with van der Waals surface area (Å²) in [6.07, 6.45) is -0.327. The molecule has 0 spiro atoms. The Morgan fingerprint density at radius 1 is 1.21 bits per heavy atom. The molecule has 0 bridgehead atoms. The van der Waals surface area contributed by atoms with Gasteiger partial charge in [-0.3, -0.25) is 19.6 Å². The first-order chi connectivity index (χ1) is 16.0. The molecule has 2 aromatic rings. The molecular formula is C21H23N3O9S. The molecule has 1 heterocycles. The van der Waals surface area contributed by atoms with Crippen LogP contribution in [-0.2, 0) is 24.3 Å². The molecule has 2 aromatic carbocycles. The van der Waals surface area contributed by atoms with Crippen molar-refractivity contribution in [2.45, 2.75) is 31.0 Å². The Labute approximate surface area is 195 Å². The summed E-state index contributed by atoms with van der Waals surface area (Å²) in [5, 5.41) is 21.0. The monoisotopic (exact) mass is 493 g/mol. The molecule has 1 aliphatic heterocycles. The third kappa shape index (κ3) is 5.99. The number of nitro groups is 1. The first kappa shape index (κ1) is 24.9. The van der Waals surface area contributed by atoms with Crippen LogP contribution < -0.4 is 4.72 Å². The van der Waals surface area contributed by atoms with E-state index in [0.717, 1.165) is 24.3 Å². The van der Waals surface area contributed by atoms with Gasteiger partial charge >= 0.3 is 5.97 Å². The lowest BCUT2D eigenvalue weighted by molar-refractivity contribution is -0.385. The zero-order valence-electron chi connectivity index (χ0n) is 18.3. The van der Waals surface area contributed by atoms with Gasteiger partial charge in [0.1, 0.15) is 11.3 Å². The van der Waals surface area contributed by atoms with Gasteiger partial charge in [-0.2, -0.15) is 0 Å². The van der Waals surface area contributed by atoms with Gasteiger partial charge < -0.3 is 19.5 Å². The number of nitro benzene ring substituents is 1. The fourth-order valence-electron chi connectivity index (χ4n) is 3.42. The molecular weight excluding hydrogens is 470 g/mol. The molecule has 12 nitrogen and oxygen atoms in total. The molecule has 34 heavy (non-hydrogen) atoms. The average Bonchev–Trinajstić information content (AvgIpc) is 2.77. The summed E-state index contributed by atoms with van der Waals surface area (Å²) < 4.78 is 38.0. The highest BCUT2D eigenvalue weighted by molar-refractivity contribution is 7.92. The van der Waals surface area contributed by atoms with Crippen molar-refractivity contribution in [2.75, 3.05) is 24.4 Å². The minimum absolute atomic E-state index is 0.0987. The SMILES string of the molecule is CC1CN(C(=O)COC(=O)c2cc(NS(=O)(=O)c3cccc([N+](=O)[O-])c3)ccc2O)CC(C)O1. The van der Waals surface area contributed by atoms with E-state index in [1.54, 1.807) is 0 Å². The van der Waals surface area contributed by atoms with E-state index in [2.05, 4.69) is 4.72 Å². The second kappa shape index (κ2) is 10.1. The number of non-ortho nitro benzene ring substituents is 1. The van der Waals surface area contributed by atoms with Gasteiger partial charge in [0.2, 0.25) is 0 Å². The molecule has 3 rings (SSSR count). The van der Waals surface area contributed by atoms with Crippen molar-refractivity contribution in [2.24, 2.45) is 0 Å². The van der Waals surface area contributed by atoms with Crippen LogP contribution in [0.3, 0.4) is 0 Å². The van der Waals surface area contributed by atoms with Gasteiger partial charge in [-0.15, -0.1) is 0 Å². The van der Waals surface area contributed by atoms with Gasteiger partial charge in [-0.1, -0.05) is 6.07 Å². The number of anilines is 1. The number of aromatic hydroxyl groups is 1. The van der Waals surface area contributed by atoms with Gasteiger partial charge in [-0.25, -0.2) is 13.2 Å². The maximum atomic E-state index is 12.6. The molecule has 182 valence electrons. The molecule has 2 N–H and O–H groups in total. The van der Waals surface area contributed by atoms with E-state index in [1.807, 2.05) is 13.8 Å². The van der Waals surface area contributed by atoms with E-state index < -0.39 is 44.9 Å². The Kier molecular flexibility index (Phi) is 7.37. The van der Waals surface area contributed by atoms with Crippen LogP contribution in [0, 0.1) is 10.1 Å². The Bertz CT molecular complexity index is 1210. The zero-order chi connectivity index (χ0) is 25.0. The van der Waals surface area contributed by atoms with Crippen LogP contribution >= 0.6 is 0 Å². The molecule has 1 fully saturated rings. The first-order valence-electron chi connectivity index (χ1n) is 10.2. The standard InChI is InChI=1S/C21H23N3O9S/c1-13-10-23(11-14(2)33-13)20(26)12-32-21(27)18-8-15(6-7-19(18)25)22-34(30,31)17-5-3-4-16(9-17)24(28)29/h3-9,13-14,22,25H,10-12H2,1-2H3. The topological polar surface area (TPSA) is 165 Å². The number of benzene rings is 2. The van der Waals surface area contributed by atoms with Crippen molar-refractivity contribution in [1.82, 2.24) is 4.90 Å². The van der Waals surface area contributed by atoms with E-state index in [0.29, 0.717) is 13.1 Å². The summed E-state index contributed by atoms with van der Waals surface area (Å²) in [6, 6.07) is 7.74. The van der Waals surface area contributed by atoms with Crippen LogP contribution in [0.5, 0.6) is 5.75 Å². The molecule has 1 saturated heterocycles.